The van der Waals surface area contributed by atoms with Crippen LogP contribution in [0.4, 0.5) is 51.2 Å². The van der Waals surface area contributed by atoms with Gasteiger partial charge in [0.15, 0.2) is 0 Å². The average molecular weight is 1250 g/mol. The minimum absolute atomic E-state index is 0.0359. The lowest BCUT2D eigenvalue weighted by atomic mass is 9.33. The summed E-state index contributed by atoms with van der Waals surface area (Å²) in [5.41, 5.74) is 28.3. The van der Waals surface area contributed by atoms with Crippen molar-refractivity contribution in [1.29, 1.82) is 0 Å². The van der Waals surface area contributed by atoms with E-state index in [1.807, 2.05) is 0 Å². The van der Waals surface area contributed by atoms with Crippen LogP contribution in [0.25, 0.3) is 88.0 Å². The summed E-state index contributed by atoms with van der Waals surface area (Å²) in [5.74, 6) is 0. The summed E-state index contributed by atoms with van der Waals surface area (Å²) < 4.78 is 6.72. The summed E-state index contributed by atoms with van der Waals surface area (Å²) in [6, 6.07) is 112. The van der Waals surface area contributed by atoms with Gasteiger partial charge in [-0.25, -0.2) is 0 Å². The van der Waals surface area contributed by atoms with Crippen molar-refractivity contribution < 1.29 is 4.42 Å². The van der Waals surface area contributed by atoms with Gasteiger partial charge in [0.1, 0.15) is 11.2 Å². The molecule has 0 bridgehead atoms. The highest BCUT2D eigenvalue weighted by molar-refractivity contribution is 7.00. The first kappa shape index (κ1) is 59.6. The normalized spacial score (nSPS) is 12.9. The van der Waals surface area contributed by atoms with E-state index in [2.05, 4.69) is 374 Å². The highest BCUT2D eigenvalue weighted by Crippen LogP contribution is 2.51. The van der Waals surface area contributed by atoms with E-state index in [1.165, 1.54) is 93.7 Å². The van der Waals surface area contributed by atoms with Crippen LogP contribution in [0.15, 0.2) is 302 Å². The lowest BCUT2D eigenvalue weighted by Gasteiger charge is -2.45. The number of benzene rings is 14. The van der Waals surface area contributed by atoms with Crippen molar-refractivity contribution in [3.05, 3.63) is 314 Å². The molecule has 0 saturated heterocycles. The number of anilines is 9. The van der Waals surface area contributed by atoms with Crippen molar-refractivity contribution in [2.45, 2.75) is 78.6 Å². The van der Waals surface area contributed by atoms with Crippen LogP contribution in [0.5, 0.6) is 0 Å². The number of furan rings is 1. The highest BCUT2D eigenvalue weighted by atomic mass is 16.3. The van der Waals surface area contributed by atoms with Gasteiger partial charge in [0.2, 0.25) is 0 Å². The second-order valence-electron chi connectivity index (χ2n) is 29.7. The summed E-state index contributed by atoms with van der Waals surface area (Å²) in [6.45, 7) is 20.7. The lowest BCUT2D eigenvalue weighted by molar-refractivity contribution is 0.590. The Kier molecular flexibility index (Phi) is 14.0. The Morgan fingerprint density at radius 2 is 0.804 bits per heavy atom. The van der Waals surface area contributed by atoms with Crippen molar-refractivity contribution in [2.75, 3.05) is 14.7 Å². The molecule has 5 heteroatoms. The van der Waals surface area contributed by atoms with Crippen LogP contribution < -0.4 is 31.1 Å². The third kappa shape index (κ3) is 10.2. The maximum atomic E-state index is 6.72. The van der Waals surface area contributed by atoms with E-state index >= 15 is 0 Å². The molecule has 17 rings (SSSR count). The number of rotatable bonds is 9. The molecule has 0 unspecified atom stereocenters. The molecule has 0 spiro atoms. The van der Waals surface area contributed by atoms with Gasteiger partial charge in [-0.2, -0.15) is 0 Å². The van der Waals surface area contributed by atoms with Gasteiger partial charge in [0.25, 0.3) is 6.71 Å². The zero-order valence-corrected chi connectivity index (χ0v) is 56.6. The molecule has 0 amide bonds. The topological polar surface area (TPSA) is 22.9 Å². The van der Waals surface area contributed by atoms with E-state index in [4.69, 9.17) is 4.42 Å². The van der Waals surface area contributed by atoms with E-state index < -0.39 is 0 Å². The summed E-state index contributed by atoms with van der Waals surface area (Å²) in [5, 5.41) is 7.17. The fraction of sp³-hybridized carbons (Fsp3) is 0.130. The highest BCUT2D eigenvalue weighted by Gasteiger charge is 2.45. The van der Waals surface area contributed by atoms with Gasteiger partial charge in [-0.05, 0) is 189 Å². The van der Waals surface area contributed by atoms with Crippen molar-refractivity contribution in [3.8, 4) is 44.5 Å². The Balaban J connectivity index is 0.939. The molecular weight excluding hydrogens is 1170 g/mol. The molecule has 0 N–H and O–H groups in total. The standard InChI is InChI=1S/C92H76BN3O/c1-90(2,3)65-41-48-68(49-42-65)94(82-53-43-66(91(4,5)6)55-79(82)61-22-11-10-12-23-61)71-50-51-80-84(58-71)96(70-46-38-63(39-47-70)76-33-21-34-78-77-30-17-18-35-87(77)97-89(76)78)86-57-67(92(7,8)9)56-85-88(86)93(80)81-54-64(75-32-20-27-60-25-14-16-29-73(60)75)40-52-83(81)95(85)69-44-36-62(37-45-69)74-31-19-26-59-24-13-15-28-72(59)74/h10-58H,1-9H3. The molecule has 468 valence electrons. The first-order valence-electron chi connectivity index (χ1n) is 34.2. The fourth-order valence-corrected chi connectivity index (χ4v) is 15.4. The van der Waals surface area contributed by atoms with E-state index in [0.717, 1.165) is 78.6 Å². The molecule has 15 aromatic rings. The quantitative estimate of drug-likeness (QED) is 0.134. The molecule has 1 aromatic heterocycles. The van der Waals surface area contributed by atoms with Gasteiger partial charge in [-0.3, -0.25) is 0 Å². The van der Waals surface area contributed by atoms with E-state index in [0.29, 0.717) is 0 Å². The summed E-state index contributed by atoms with van der Waals surface area (Å²) in [4.78, 5) is 7.68. The Hall–Kier alpha value is -11.1. The van der Waals surface area contributed by atoms with Crippen LogP contribution in [0.1, 0.15) is 79.0 Å². The number of hydrogen-bond donors (Lipinski definition) is 0. The third-order valence-corrected chi connectivity index (χ3v) is 20.5. The van der Waals surface area contributed by atoms with Crippen molar-refractivity contribution in [3.63, 3.8) is 0 Å². The summed E-state index contributed by atoms with van der Waals surface area (Å²) in [7, 11) is 0. The second-order valence-corrected chi connectivity index (χ2v) is 29.7. The molecule has 2 aliphatic rings. The Labute approximate surface area is 570 Å². The molecule has 2 aliphatic heterocycles. The molecule has 0 radical (unpaired) electrons. The molecule has 4 nitrogen and oxygen atoms in total. The van der Waals surface area contributed by atoms with Crippen molar-refractivity contribution >= 4 is 118 Å². The number of hydrogen-bond acceptors (Lipinski definition) is 4. The Morgan fingerprint density at radius 3 is 1.44 bits per heavy atom. The first-order chi connectivity index (χ1) is 47.0. The molecule has 0 saturated carbocycles. The Morgan fingerprint density at radius 1 is 0.309 bits per heavy atom. The molecular formula is C92H76BN3O. The molecule has 0 aliphatic carbocycles. The van der Waals surface area contributed by atoms with Gasteiger partial charge >= 0.3 is 0 Å². The van der Waals surface area contributed by atoms with Crippen LogP contribution in [-0.4, -0.2) is 6.71 Å². The van der Waals surface area contributed by atoms with E-state index in [9.17, 15) is 0 Å². The molecule has 3 heterocycles. The van der Waals surface area contributed by atoms with Gasteiger partial charge in [0, 0.05) is 67.4 Å². The second kappa shape index (κ2) is 22.8. The largest absolute Gasteiger partial charge is 0.455 e. The third-order valence-electron chi connectivity index (χ3n) is 20.5. The number of fused-ring (bicyclic) bond motifs is 9. The maximum Gasteiger partial charge on any atom is 0.252 e. The van der Waals surface area contributed by atoms with Crippen LogP contribution in [0, 0.1) is 0 Å². The first-order valence-corrected chi connectivity index (χ1v) is 34.2. The van der Waals surface area contributed by atoms with Crippen LogP contribution in [0.3, 0.4) is 0 Å². The predicted molar refractivity (Wildman–Crippen MR) is 415 cm³/mol. The summed E-state index contributed by atoms with van der Waals surface area (Å²) >= 11 is 0. The van der Waals surface area contributed by atoms with Gasteiger partial charge in [-0.15, -0.1) is 0 Å². The number of para-hydroxylation sites is 2. The minimum Gasteiger partial charge on any atom is -0.455 e. The average Bonchev–Trinajstić information content (AvgIpc) is 1.16. The number of nitrogens with zero attached hydrogens (tertiary/aromatic N) is 3. The van der Waals surface area contributed by atoms with Crippen LogP contribution in [0.2, 0.25) is 0 Å². The maximum absolute atomic E-state index is 6.72. The monoisotopic (exact) mass is 1250 g/mol. The summed E-state index contributed by atoms with van der Waals surface area (Å²) in [6.07, 6.45) is 0. The van der Waals surface area contributed by atoms with Gasteiger partial charge in [-0.1, -0.05) is 275 Å². The lowest BCUT2D eigenvalue weighted by Crippen LogP contribution is -2.61. The van der Waals surface area contributed by atoms with Gasteiger partial charge in [0.05, 0.1) is 5.69 Å². The SMILES string of the molecule is CC(C)(C)c1ccc(N(c2ccc3c(c2)N(c2ccc(-c4cccc5c4oc4ccccc45)cc2)c2cc(C(C)(C)C)cc4c2B3c2cc(-c3cccc5ccccc35)ccc2N4c2ccc(-c3cccc4ccccc34)cc2)c2ccc(C(C)(C)C)cc2-c2ccccc2)cc1. The van der Waals surface area contributed by atoms with E-state index in [-0.39, 0.29) is 23.0 Å². The minimum atomic E-state index is -0.241. The Bertz CT molecular complexity index is 5580. The molecule has 0 atom stereocenters. The fourth-order valence-electron chi connectivity index (χ4n) is 15.4. The van der Waals surface area contributed by atoms with Crippen LogP contribution in [-0.2, 0) is 16.2 Å². The molecule has 0 fully saturated rings. The smallest absolute Gasteiger partial charge is 0.252 e. The molecule has 14 aromatic carbocycles. The van der Waals surface area contributed by atoms with Crippen LogP contribution >= 0.6 is 0 Å². The van der Waals surface area contributed by atoms with Gasteiger partial charge < -0.3 is 19.1 Å². The molecule has 97 heavy (non-hydrogen) atoms. The zero-order chi connectivity index (χ0) is 66.1. The zero-order valence-electron chi connectivity index (χ0n) is 56.6. The van der Waals surface area contributed by atoms with Crippen molar-refractivity contribution in [1.82, 2.24) is 0 Å². The van der Waals surface area contributed by atoms with E-state index in [1.54, 1.807) is 0 Å². The predicted octanol–water partition coefficient (Wildman–Crippen LogP) is 24.0. The van der Waals surface area contributed by atoms with Crippen molar-refractivity contribution in [2.24, 2.45) is 0 Å².